The number of benzene rings is 1. The molecule has 3 heteroatoms. The quantitative estimate of drug-likeness (QED) is 0.780. The molecule has 0 unspecified atom stereocenters. The number of piperidine rings is 1. The Kier molecular flexibility index (Phi) is 4.59. The topological polar surface area (TPSA) is 29.5 Å². The molecule has 0 radical (unpaired) electrons. The molecule has 1 aliphatic heterocycles. The van der Waals surface area contributed by atoms with Crippen molar-refractivity contribution >= 4 is 5.78 Å². The molecule has 3 nitrogen and oxygen atoms in total. The second-order valence-electron chi connectivity index (χ2n) is 5.45. The molecule has 19 heavy (non-hydrogen) atoms. The van der Waals surface area contributed by atoms with E-state index in [0.29, 0.717) is 18.6 Å². The molecule has 1 fully saturated rings. The van der Waals surface area contributed by atoms with Crippen LogP contribution >= 0.6 is 0 Å². The fourth-order valence-corrected chi connectivity index (χ4v) is 2.82. The Balaban J connectivity index is 2.02. The number of ether oxygens (including phenoxy) is 1. The van der Waals surface area contributed by atoms with E-state index in [9.17, 15) is 4.79 Å². The number of ketones is 1. The van der Waals surface area contributed by atoms with Crippen LogP contribution in [0.1, 0.15) is 43.5 Å². The van der Waals surface area contributed by atoms with Crippen molar-refractivity contribution in [3.63, 3.8) is 0 Å². The first-order valence-corrected chi connectivity index (χ1v) is 7.05. The zero-order valence-electron chi connectivity index (χ0n) is 12.1. The van der Waals surface area contributed by atoms with E-state index in [1.54, 1.807) is 7.11 Å². The van der Waals surface area contributed by atoms with Crippen molar-refractivity contribution in [1.82, 2.24) is 4.90 Å². The third kappa shape index (κ3) is 3.35. The molecule has 1 aromatic rings. The summed E-state index contributed by atoms with van der Waals surface area (Å²) in [5.74, 6) is 0.986. The van der Waals surface area contributed by atoms with E-state index in [2.05, 4.69) is 18.7 Å². The average molecular weight is 261 g/mol. The second kappa shape index (κ2) is 6.20. The Bertz CT molecular complexity index is 417. The third-order valence-electron chi connectivity index (χ3n) is 4.11. The van der Waals surface area contributed by atoms with Crippen LogP contribution in [-0.4, -0.2) is 36.4 Å². The highest BCUT2D eigenvalue weighted by Gasteiger charge is 2.26. The Morgan fingerprint density at radius 2 is 1.79 bits per heavy atom. The number of likely N-dealkylation sites (tertiary alicyclic amines) is 1. The van der Waals surface area contributed by atoms with Gasteiger partial charge in [-0.05, 0) is 51.0 Å². The normalized spacial score (nSPS) is 24.2. The summed E-state index contributed by atoms with van der Waals surface area (Å²) >= 11 is 0. The number of hydrogen-bond donors (Lipinski definition) is 0. The highest BCUT2D eigenvalue weighted by atomic mass is 16.5. The molecular weight excluding hydrogens is 238 g/mol. The predicted molar refractivity (Wildman–Crippen MR) is 76.8 cm³/mol. The van der Waals surface area contributed by atoms with Crippen molar-refractivity contribution in [2.75, 3.05) is 13.7 Å². The predicted octanol–water partition coefficient (Wildman–Crippen LogP) is 3.14. The zero-order chi connectivity index (χ0) is 13.8. The highest BCUT2D eigenvalue weighted by Crippen LogP contribution is 2.23. The molecule has 2 rings (SSSR count). The molecule has 0 N–H and O–H groups in total. The SMILES string of the molecule is COc1ccc(C(=O)CN2[C@H](C)CCC[C@@H]2C)cc1. The lowest BCUT2D eigenvalue weighted by Gasteiger charge is -2.38. The zero-order valence-corrected chi connectivity index (χ0v) is 12.1. The molecule has 0 saturated carbocycles. The van der Waals surface area contributed by atoms with Crippen molar-refractivity contribution in [3.05, 3.63) is 29.8 Å². The monoisotopic (exact) mass is 261 g/mol. The van der Waals surface area contributed by atoms with Crippen LogP contribution in [-0.2, 0) is 0 Å². The van der Waals surface area contributed by atoms with E-state index in [0.717, 1.165) is 11.3 Å². The Hall–Kier alpha value is -1.35. The Labute approximate surface area is 115 Å². The third-order valence-corrected chi connectivity index (χ3v) is 4.11. The lowest BCUT2D eigenvalue weighted by molar-refractivity contribution is 0.0734. The van der Waals surface area contributed by atoms with Crippen LogP contribution in [0.5, 0.6) is 5.75 Å². The first kappa shape index (κ1) is 14.1. The van der Waals surface area contributed by atoms with Gasteiger partial charge >= 0.3 is 0 Å². The minimum Gasteiger partial charge on any atom is -0.497 e. The number of carbonyl (C=O) groups excluding carboxylic acids is 1. The molecule has 2 atom stereocenters. The van der Waals surface area contributed by atoms with Crippen molar-refractivity contribution in [2.45, 2.75) is 45.2 Å². The molecule has 1 saturated heterocycles. The van der Waals surface area contributed by atoms with Gasteiger partial charge < -0.3 is 4.74 Å². The number of carbonyl (C=O) groups is 1. The number of rotatable bonds is 4. The standard InChI is InChI=1S/C16H23NO2/c1-12-5-4-6-13(2)17(12)11-16(18)14-7-9-15(19-3)10-8-14/h7-10,12-13H,4-6,11H2,1-3H3/t12-,13+. The van der Waals surface area contributed by atoms with E-state index in [4.69, 9.17) is 4.74 Å². The molecule has 1 aliphatic rings. The average Bonchev–Trinajstić information content (AvgIpc) is 2.43. The summed E-state index contributed by atoms with van der Waals surface area (Å²) < 4.78 is 5.11. The maximum atomic E-state index is 12.3. The molecule has 104 valence electrons. The van der Waals surface area contributed by atoms with Crippen LogP contribution < -0.4 is 4.74 Å². The van der Waals surface area contributed by atoms with Gasteiger partial charge in [0.05, 0.1) is 13.7 Å². The van der Waals surface area contributed by atoms with Crippen molar-refractivity contribution in [2.24, 2.45) is 0 Å². The van der Waals surface area contributed by atoms with Crippen LogP contribution in [0.15, 0.2) is 24.3 Å². The van der Waals surface area contributed by atoms with E-state index >= 15 is 0 Å². The minimum atomic E-state index is 0.197. The summed E-state index contributed by atoms with van der Waals surface area (Å²) in [6.45, 7) is 4.96. The van der Waals surface area contributed by atoms with Crippen LogP contribution in [0.3, 0.4) is 0 Å². The smallest absolute Gasteiger partial charge is 0.176 e. The van der Waals surface area contributed by atoms with Crippen LogP contribution in [0.25, 0.3) is 0 Å². The second-order valence-corrected chi connectivity index (χ2v) is 5.45. The molecule has 1 heterocycles. The molecule has 0 spiro atoms. The van der Waals surface area contributed by atoms with Gasteiger partial charge in [-0.2, -0.15) is 0 Å². The van der Waals surface area contributed by atoms with Gasteiger partial charge in [-0.3, -0.25) is 9.69 Å². The van der Waals surface area contributed by atoms with Gasteiger partial charge in [0.15, 0.2) is 5.78 Å². The summed E-state index contributed by atoms with van der Waals surface area (Å²) in [6.07, 6.45) is 3.66. The summed E-state index contributed by atoms with van der Waals surface area (Å²) in [4.78, 5) is 14.7. The highest BCUT2D eigenvalue weighted by molar-refractivity contribution is 5.97. The van der Waals surface area contributed by atoms with Crippen LogP contribution in [0.2, 0.25) is 0 Å². The van der Waals surface area contributed by atoms with Gasteiger partial charge in [-0.15, -0.1) is 0 Å². The van der Waals surface area contributed by atoms with Gasteiger partial charge in [-0.1, -0.05) is 6.42 Å². The molecule has 0 aliphatic carbocycles. The van der Waals surface area contributed by atoms with Gasteiger partial charge in [0.1, 0.15) is 5.75 Å². The fraction of sp³-hybridized carbons (Fsp3) is 0.562. The van der Waals surface area contributed by atoms with Crippen LogP contribution in [0.4, 0.5) is 0 Å². The first-order valence-electron chi connectivity index (χ1n) is 7.05. The molecule has 0 amide bonds. The summed E-state index contributed by atoms with van der Waals surface area (Å²) in [6, 6.07) is 8.39. The Morgan fingerprint density at radius 3 is 2.32 bits per heavy atom. The summed E-state index contributed by atoms with van der Waals surface area (Å²) in [5, 5.41) is 0. The van der Waals surface area contributed by atoms with E-state index in [-0.39, 0.29) is 5.78 Å². The number of hydrogen-bond acceptors (Lipinski definition) is 3. The molecular formula is C16H23NO2. The molecule has 0 aromatic heterocycles. The van der Waals surface area contributed by atoms with E-state index < -0.39 is 0 Å². The largest absolute Gasteiger partial charge is 0.497 e. The number of Topliss-reactive ketones (excluding diaryl/α,β-unsaturated/α-hetero) is 1. The van der Waals surface area contributed by atoms with Crippen LogP contribution in [0, 0.1) is 0 Å². The van der Waals surface area contributed by atoms with Crippen molar-refractivity contribution < 1.29 is 9.53 Å². The van der Waals surface area contributed by atoms with Crippen molar-refractivity contribution in [1.29, 1.82) is 0 Å². The number of nitrogens with zero attached hydrogens (tertiary/aromatic N) is 1. The van der Waals surface area contributed by atoms with E-state index in [1.807, 2.05) is 24.3 Å². The lowest BCUT2D eigenvalue weighted by atomic mass is 9.96. The van der Waals surface area contributed by atoms with Gasteiger partial charge in [0.25, 0.3) is 0 Å². The number of methoxy groups -OCH3 is 1. The molecule has 0 bridgehead atoms. The minimum absolute atomic E-state index is 0.197. The summed E-state index contributed by atoms with van der Waals surface area (Å²) in [7, 11) is 1.63. The van der Waals surface area contributed by atoms with Gasteiger partial charge in [0.2, 0.25) is 0 Å². The van der Waals surface area contributed by atoms with E-state index in [1.165, 1.54) is 19.3 Å². The Morgan fingerprint density at radius 1 is 1.21 bits per heavy atom. The van der Waals surface area contributed by atoms with Crippen molar-refractivity contribution in [3.8, 4) is 5.75 Å². The lowest BCUT2D eigenvalue weighted by Crippen LogP contribution is -2.46. The summed E-state index contributed by atoms with van der Waals surface area (Å²) in [5.41, 5.74) is 0.769. The molecule has 1 aromatic carbocycles. The maximum absolute atomic E-state index is 12.3. The first-order chi connectivity index (χ1) is 9.11. The fourth-order valence-electron chi connectivity index (χ4n) is 2.82. The van der Waals surface area contributed by atoms with Gasteiger partial charge in [-0.25, -0.2) is 0 Å². The van der Waals surface area contributed by atoms with Gasteiger partial charge in [0, 0.05) is 17.6 Å². The maximum Gasteiger partial charge on any atom is 0.176 e.